The number of nitro benzene ring substituents is 1. The Hall–Kier alpha value is -4.25. The molecule has 0 saturated carbocycles. The summed E-state index contributed by atoms with van der Waals surface area (Å²) in [5.74, 6) is -0.765. The fourth-order valence-corrected chi connectivity index (χ4v) is 5.35. The Morgan fingerprint density at radius 3 is 2.08 bits per heavy atom. The zero-order valence-corrected chi connectivity index (χ0v) is 23.8. The molecular formula is C29H34N4O6S. The van der Waals surface area contributed by atoms with Crippen LogP contribution in [0.3, 0.4) is 0 Å². The molecule has 11 heteroatoms. The summed E-state index contributed by atoms with van der Waals surface area (Å²) in [6.07, 6.45) is 0. The Bertz CT molecular complexity index is 1430. The molecule has 40 heavy (non-hydrogen) atoms. The van der Waals surface area contributed by atoms with Gasteiger partial charge in [-0.2, -0.15) is 0 Å². The number of nitrogens with one attached hydrogen (secondary N) is 1. The number of benzene rings is 3. The molecule has 0 saturated heterocycles. The van der Waals surface area contributed by atoms with E-state index in [9.17, 15) is 28.1 Å². The van der Waals surface area contributed by atoms with Crippen molar-refractivity contribution in [3.05, 3.63) is 100 Å². The fourth-order valence-electron chi connectivity index (χ4n) is 3.91. The van der Waals surface area contributed by atoms with E-state index in [0.717, 1.165) is 15.4 Å². The minimum atomic E-state index is -4.25. The molecule has 1 N–H and O–H groups in total. The highest BCUT2D eigenvalue weighted by molar-refractivity contribution is 7.92. The number of nitro groups is 1. The Balaban J connectivity index is 2.01. The Morgan fingerprint density at radius 2 is 1.52 bits per heavy atom. The number of non-ortho nitro benzene ring substituents is 1. The van der Waals surface area contributed by atoms with Gasteiger partial charge in [-0.25, -0.2) is 8.42 Å². The molecule has 212 valence electrons. The van der Waals surface area contributed by atoms with E-state index in [2.05, 4.69) is 5.32 Å². The first-order valence-electron chi connectivity index (χ1n) is 12.8. The van der Waals surface area contributed by atoms with Crippen LogP contribution >= 0.6 is 0 Å². The highest BCUT2D eigenvalue weighted by atomic mass is 32.2. The van der Waals surface area contributed by atoms with E-state index >= 15 is 0 Å². The lowest BCUT2D eigenvalue weighted by Gasteiger charge is -2.32. The quantitative estimate of drug-likeness (QED) is 0.257. The number of rotatable bonds is 12. The van der Waals surface area contributed by atoms with Crippen LogP contribution in [0.4, 0.5) is 11.4 Å². The van der Waals surface area contributed by atoms with E-state index in [1.807, 2.05) is 45.0 Å². The molecule has 10 nitrogen and oxygen atoms in total. The second kappa shape index (κ2) is 13.2. The average molecular weight is 567 g/mol. The average Bonchev–Trinajstić information content (AvgIpc) is 2.94. The molecule has 2 amide bonds. The van der Waals surface area contributed by atoms with Gasteiger partial charge in [0.25, 0.3) is 15.7 Å². The molecule has 3 aromatic rings. The SMILES string of the molecule is Cc1ccc(CN(C(=O)CN(c2ccc([N+](=O)[O-])cc2)S(=O)(=O)c2ccccc2)[C@H](C)C(=O)NCC(C)C)cc1. The van der Waals surface area contributed by atoms with Crippen LogP contribution in [0.15, 0.2) is 83.8 Å². The third-order valence-corrected chi connectivity index (χ3v) is 8.07. The van der Waals surface area contributed by atoms with Crippen molar-refractivity contribution >= 4 is 33.2 Å². The standard InChI is InChI=1S/C29H34N4O6S/c1-21(2)18-30-29(35)23(4)31(19-24-12-10-22(3)11-13-24)28(34)20-32(25-14-16-26(17-15-25)33(36)37)40(38,39)27-8-6-5-7-9-27/h5-17,21,23H,18-20H2,1-4H3,(H,30,35)/t23-/m1/s1. The zero-order chi connectivity index (χ0) is 29.4. The molecule has 0 aliphatic rings. The summed E-state index contributed by atoms with van der Waals surface area (Å²) >= 11 is 0. The molecule has 1 atom stereocenters. The second-order valence-corrected chi connectivity index (χ2v) is 11.8. The molecule has 0 fully saturated rings. The molecular weight excluding hydrogens is 532 g/mol. The number of carbonyl (C=O) groups is 2. The van der Waals surface area contributed by atoms with Crippen molar-refractivity contribution in [1.82, 2.24) is 10.2 Å². The van der Waals surface area contributed by atoms with Crippen LogP contribution in [0.5, 0.6) is 0 Å². The van der Waals surface area contributed by atoms with Crippen LogP contribution in [-0.4, -0.2) is 49.2 Å². The minimum absolute atomic E-state index is 0.0473. The smallest absolute Gasteiger partial charge is 0.269 e. The van der Waals surface area contributed by atoms with Crippen molar-refractivity contribution in [1.29, 1.82) is 0 Å². The van der Waals surface area contributed by atoms with Gasteiger partial charge in [-0.15, -0.1) is 0 Å². The Morgan fingerprint density at radius 1 is 0.925 bits per heavy atom. The third-order valence-electron chi connectivity index (χ3n) is 6.28. The topological polar surface area (TPSA) is 130 Å². The number of sulfonamides is 1. The second-order valence-electron chi connectivity index (χ2n) is 9.92. The van der Waals surface area contributed by atoms with Gasteiger partial charge >= 0.3 is 0 Å². The number of amides is 2. The molecule has 0 unspecified atom stereocenters. The minimum Gasteiger partial charge on any atom is -0.354 e. The summed E-state index contributed by atoms with van der Waals surface area (Å²) < 4.78 is 28.4. The van der Waals surface area contributed by atoms with Gasteiger partial charge in [0.15, 0.2) is 0 Å². The van der Waals surface area contributed by atoms with Crippen molar-refractivity contribution in [3.63, 3.8) is 0 Å². The number of carbonyl (C=O) groups excluding carboxylic acids is 2. The number of hydrogen-bond donors (Lipinski definition) is 1. The number of hydrogen-bond acceptors (Lipinski definition) is 6. The van der Waals surface area contributed by atoms with E-state index in [1.54, 1.807) is 25.1 Å². The summed E-state index contributed by atoms with van der Waals surface area (Å²) in [5.41, 5.74) is 1.66. The molecule has 0 bridgehead atoms. The van der Waals surface area contributed by atoms with Crippen LogP contribution < -0.4 is 9.62 Å². The largest absolute Gasteiger partial charge is 0.354 e. The summed E-state index contributed by atoms with van der Waals surface area (Å²) in [6, 6.07) is 19.1. The van der Waals surface area contributed by atoms with E-state index in [0.29, 0.717) is 6.54 Å². The molecule has 0 radical (unpaired) electrons. The number of nitrogens with zero attached hydrogens (tertiary/aromatic N) is 3. The predicted molar refractivity (Wildman–Crippen MR) is 153 cm³/mol. The summed E-state index contributed by atoms with van der Waals surface area (Å²) in [6.45, 7) is 7.33. The van der Waals surface area contributed by atoms with E-state index in [-0.39, 0.29) is 34.6 Å². The van der Waals surface area contributed by atoms with E-state index in [4.69, 9.17) is 0 Å². The highest BCUT2D eigenvalue weighted by Gasteiger charge is 2.32. The van der Waals surface area contributed by atoms with Gasteiger partial charge in [-0.3, -0.25) is 24.0 Å². The van der Waals surface area contributed by atoms with Crippen LogP contribution in [0.2, 0.25) is 0 Å². The van der Waals surface area contributed by atoms with Gasteiger partial charge in [-0.1, -0.05) is 61.9 Å². The predicted octanol–water partition coefficient (Wildman–Crippen LogP) is 4.29. The lowest BCUT2D eigenvalue weighted by molar-refractivity contribution is -0.384. The molecule has 3 rings (SSSR count). The number of aryl methyl sites for hydroxylation is 1. The monoisotopic (exact) mass is 566 g/mol. The molecule has 0 aromatic heterocycles. The first-order valence-corrected chi connectivity index (χ1v) is 14.3. The normalized spacial score (nSPS) is 12.0. The van der Waals surface area contributed by atoms with Crippen molar-refractivity contribution in [2.24, 2.45) is 5.92 Å². The number of anilines is 1. The molecule has 0 aliphatic carbocycles. The van der Waals surface area contributed by atoms with Gasteiger partial charge in [-0.05, 0) is 49.6 Å². The molecule has 3 aromatic carbocycles. The Labute approximate surface area is 234 Å². The molecule has 0 aliphatic heterocycles. The van der Waals surface area contributed by atoms with Gasteiger partial charge < -0.3 is 10.2 Å². The summed E-state index contributed by atoms with van der Waals surface area (Å²) in [5, 5.41) is 14.0. The zero-order valence-electron chi connectivity index (χ0n) is 23.0. The Kier molecular flexibility index (Phi) is 10.0. The lowest BCUT2D eigenvalue weighted by atomic mass is 10.1. The maximum Gasteiger partial charge on any atom is 0.269 e. The maximum atomic E-state index is 13.9. The van der Waals surface area contributed by atoms with Crippen LogP contribution in [0.25, 0.3) is 0 Å². The fraction of sp³-hybridized carbons (Fsp3) is 0.310. The van der Waals surface area contributed by atoms with Gasteiger partial charge in [0, 0.05) is 25.2 Å². The third kappa shape index (κ3) is 7.66. The van der Waals surface area contributed by atoms with E-state index in [1.165, 1.54) is 41.3 Å². The van der Waals surface area contributed by atoms with Crippen molar-refractivity contribution in [2.75, 3.05) is 17.4 Å². The van der Waals surface area contributed by atoms with Gasteiger partial charge in [0.1, 0.15) is 12.6 Å². The highest BCUT2D eigenvalue weighted by Crippen LogP contribution is 2.26. The van der Waals surface area contributed by atoms with Crippen LogP contribution in [0, 0.1) is 23.0 Å². The molecule has 0 heterocycles. The van der Waals surface area contributed by atoms with Crippen molar-refractivity contribution < 1.29 is 22.9 Å². The van der Waals surface area contributed by atoms with Crippen LogP contribution in [0.1, 0.15) is 31.9 Å². The first-order chi connectivity index (χ1) is 18.9. The molecule has 0 spiro atoms. The lowest BCUT2D eigenvalue weighted by Crippen LogP contribution is -2.51. The van der Waals surface area contributed by atoms with Gasteiger partial charge in [0.05, 0.1) is 15.5 Å². The van der Waals surface area contributed by atoms with Gasteiger partial charge in [0.2, 0.25) is 11.8 Å². The first kappa shape index (κ1) is 30.3. The van der Waals surface area contributed by atoms with Crippen molar-refractivity contribution in [2.45, 2.75) is 45.2 Å². The maximum absolute atomic E-state index is 13.9. The summed E-state index contributed by atoms with van der Waals surface area (Å²) in [7, 11) is -4.25. The summed E-state index contributed by atoms with van der Waals surface area (Å²) in [4.78, 5) is 38.8. The van der Waals surface area contributed by atoms with E-state index < -0.39 is 33.4 Å². The van der Waals surface area contributed by atoms with Crippen molar-refractivity contribution in [3.8, 4) is 0 Å². The van der Waals surface area contributed by atoms with Crippen LogP contribution in [-0.2, 0) is 26.2 Å².